The molecule has 1 unspecified atom stereocenters. The topological polar surface area (TPSA) is 113 Å². The van der Waals surface area contributed by atoms with E-state index in [1.165, 1.54) is 39.0 Å². The lowest BCUT2D eigenvalue weighted by molar-refractivity contribution is -0.158. The number of amides is 4. The fraction of sp³-hybridized carbons (Fsp3) is 0.333. The van der Waals surface area contributed by atoms with Crippen LogP contribution in [-0.4, -0.2) is 84.2 Å². The zero-order valence-corrected chi connectivity index (χ0v) is 24.6. The summed E-state index contributed by atoms with van der Waals surface area (Å²) in [6.45, 7) is 0.00786. The Kier molecular flexibility index (Phi) is 11.0. The Bertz CT molecular complexity index is 1450. The molecule has 11 heteroatoms. The maximum Gasteiger partial charge on any atom is 0.246 e. The molecule has 1 atom stereocenters. The first-order chi connectivity index (χ1) is 21.1. The first kappa shape index (κ1) is 32.1. The first-order valence-electron chi connectivity index (χ1n) is 14.4. The van der Waals surface area contributed by atoms with Gasteiger partial charge < -0.3 is 25.2 Å². The summed E-state index contributed by atoms with van der Waals surface area (Å²) >= 11 is 0. The van der Waals surface area contributed by atoms with Gasteiger partial charge in [0.05, 0.1) is 26.6 Å². The van der Waals surface area contributed by atoms with Crippen molar-refractivity contribution in [1.29, 1.82) is 0 Å². The molecule has 1 heterocycles. The molecule has 0 aromatic heterocycles. The Morgan fingerprint density at radius 1 is 0.841 bits per heavy atom. The highest BCUT2D eigenvalue weighted by atomic mass is 19.1. The second-order valence-electron chi connectivity index (χ2n) is 10.7. The van der Waals surface area contributed by atoms with E-state index in [9.17, 15) is 28.0 Å². The number of rotatable bonds is 14. The van der Waals surface area contributed by atoms with E-state index in [2.05, 4.69) is 0 Å². The minimum atomic E-state index is -1.10. The van der Waals surface area contributed by atoms with Gasteiger partial charge in [-0.05, 0) is 72.4 Å². The highest BCUT2D eigenvalue weighted by Crippen LogP contribution is 2.20. The van der Waals surface area contributed by atoms with Gasteiger partial charge in [0.1, 0.15) is 23.4 Å². The number of carbonyl (C=O) groups is 4. The molecule has 2 N–H and O–H groups in total. The first-order valence-corrected chi connectivity index (χ1v) is 14.4. The molecule has 1 aliphatic heterocycles. The maximum atomic E-state index is 13.8. The molecule has 0 aliphatic carbocycles. The van der Waals surface area contributed by atoms with Crippen LogP contribution in [0.5, 0.6) is 5.75 Å². The molecule has 3 aromatic carbocycles. The lowest BCUT2D eigenvalue weighted by atomic mass is 10.0. The second-order valence-corrected chi connectivity index (χ2v) is 10.7. The van der Waals surface area contributed by atoms with Gasteiger partial charge in [-0.2, -0.15) is 0 Å². The van der Waals surface area contributed by atoms with E-state index >= 15 is 0 Å². The van der Waals surface area contributed by atoms with Gasteiger partial charge in [-0.3, -0.25) is 19.2 Å². The van der Waals surface area contributed by atoms with Crippen molar-refractivity contribution >= 4 is 23.6 Å². The van der Waals surface area contributed by atoms with E-state index in [4.69, 9.17) is 10.5 Å². The average molecular weight is 607 g/mol. The van der Waals surface area contributed by atoms with Crippen LogP contribution in [0, 0.1) is 11.6 Å². The summed E-state index contributed by atoms with van der Waals surface area (Å²) in [6, 6.07) is 17.9. The van der Waals surface area contributed by atoms with Gasteiger partial charge in [-0.15, -0.1) is 0 Å². The van der Waals surface area contributed by atoms with Gasteiger partial charge in [0, 0.05) is 19.6 Å². The summed E-state index contributed by atoms with van der Waals surface area (Å²) in [5, 5.41) is 0. The molecule has 1 saturated heterocycles. The van der Waals surface area contributed by atoms with Crippen LogP contribution in [0.1, 0.15) is 23.1 Å². The molecule has 4 rings (SSSR count). The van der Waals surface area contributed by atoms with Crippen molar-refractivity contribution < 1.29 is 32.7 Å². The number of piperazine rings is 1. The summed E-state index contributed by atoms with van der Waals surface area (Å²) in [5.74, 6) is -1.99. The van der Waals surface area contributed by atoms with Crippen LogP contribution >= 0.6 is 0 Å². The van der Waals surface area contributed by atoms with E-state index < -0.39 is 23.8 Å². The van der Waals surface area contributed by atoms with E-state index in [0.717, 1.165) is 16.7 Å². The number of hydrogen-bond acceptors (Lipinski definition) is 5. The van der Waals surface area contributed by atoms with Crippen LogP contribution in [0.4, 0.5) is 8.78 Å². The van der Waals surface area contributed by atoms with E-state index in [-0.39, 0.29) is 56.7 Å². The molecule has 0 spiro atoms. The largest absolute Gasteiger partial charge is 0.497 e. The fourth-order valence-corrected chi connectivity index (χ4v) is 5.16. The van der Waals surface area contributed by atoms with Crippen molar-refractivity contribution in [3.05, 3.63) is 101 Å². The van der Waals surface area contributed by atoms with Crippen molar-refractivity contribution in [2.45, 2.75) is 31.7 Å². The molecule has 0 bridgehead atoms. The van der Waals surface area contributed by atoms with Gasteiger partial charge in [0.25, 0.3) is 0 Å². The Morgan fingerprint density at radius 3 is 1.91 bits per heavy atom. The van der Waals surface area contributed by atoms with Crippen LogP contribution < -0.4 is 10.5 Å². The van der Waals surface area contributed by atoms with E-state index in [0.29, 0.717) is 25.0 Å². The molecule has 232 valence electrons. The van der Waals surface area contributed by atoms with Gasteiger partial charge >= 0.3 is 0 Å². The maximum absolute atomic E-state index is 13.8. The monoisotopic (exact) mass is 606 g/mol. The normalized spacial score (nSPS) is 14.9. The number of benzene rings is 3. The smallest absolute Gasteiger partial charge is 0.246 e. The standard InChI is InChI=1S/C33H36F2N4O5/c1-44-28-12-6-25(7-13-28)14-17-37(21-30(36)40)31(41)20-29-33(43)38(18-15-23-2-8-26(34)9-3-23)22-32(42)39(29)19-16-24-4-10-27(35)11-5-24/h2-13,29H,14-22H2,1H3,(H2,36,40). The Balaban J connectivity index is 1.50. The summed E-state index contributed by atoms with van der Waals surface area (Å²) < 4.78 is 31.9. The Labute approximate surface area is 255 Å². The van der Waals surface area contributed by atoms with Crippen molar-refractivity contribution in [3.8, 4) is 5.75 Å². The second kappa shape index (κ2) is 15.1. The van der Waals surface area contributed by atoms with Gasteiger partial charge in [-0.1, -0.05) is 36.4 Å². The van der Waals surface area contributed by atoms with E-state index in [1.807, 2.05) is 12.1 Å². The van der Waals surface area contributed by atoms with Crippen LogP contribution in [0.15, 0.2) is 72.8 Å². The highest BCUT2D eigenvalue weighted by Gasteiger charge is 2.40. The van der Waals surface area contributed by atoms with E-state index in [1.54, 1.807) is 43.5 Å². The third kappa shape index (κ3) is 8.85. The van der Waals surface area contributed by atoms with Crippen LogP contribution in [0.25, 0.3) is 0 Å². The molecule has 3 aromatic rings. The average Bonchev–Trinajstić information content (AvgIpc) is 3.01. The third-order valence-corrected chi connectivity index (χ3v) is 7.65. The fourth-order valence-electron chi connectivity index (χ4n) is 5.16. The van der Waals surface area contributed by atoms with Crippen molar-refractivity contribution in [2.75, 3.05) is 39.8 Å². The van der Waals surface area contributed by atoms with Gasteiger partial charge in [0.15, 0.2) is 0 Å². The molecule has 0 radical (unpaired) electrons. The van der Waals surface area contributed by atoms with Crippen LogP contribution in [0.3, 0.4) is 0 Å². The molecule has 1 aliphatic rings. The van der Waals surface area contributed by atoms with Crippen molar-refractivity contribution in [3.63, 3.8) is 0 Å². The van der Waals surface area contributed by atoms with Gasteiger partial charge in [-0.25, -0.2) is 8.78 Å². The summed E-state index contributed by atoms with van der Waals surface area (Å²) in [7, 11) is 1.56. The number of nitrogens with zero attached hydrogens (tertiary/aromatic N) is 3. The zero-order chi connectivity index (χ0) is 31.6. The van der Waals surface area contributed by atoms with Crippen LogP contribution in [-0.2, 0) is 38.4 Å². The molecule has 4 amide bonds. The quantitative estimate of drug-likeness (QED) is 0.303. The lowest BCUT2D eigenvalue weighted by Gasteiger charge is -2.40. The summed E-state index contributed by atoms with van der Waals surface area (Å²) in [4.78, 5) is 56.8. The molecular weight excluding hydrogens is 570 g/mol. The predicted octanol–water partition coefficient (Wildman–Crippen LogP) is 2.74. The molecule has 1 fully saturated rings. The number of hydrogen-bond donors (Lipinski definition) is 1. The lowest BCUT2D eigenvalue weighted by Crippen LogP contribution is -2.61. The Hall–Kier alpha value is -4.80. The number of methoxy groups -OCH3 is 1. The molecule has 44 heavy (non-hydrogen) atoms. The number of primary amides is 1. The zero-order valence-electron chi connectivity index (χ0n) is 24.6. The molecular formula is C33H36F2N4O5. The van der Waals surface area contributed by atoms with Crippen molar-refractivity contribution in [1.82, 2.24) is 14.7 Å². The minimum Gasteiger partial charge on any atom is -0.497 e. The number of ether oxygens (including phenoxy) is 1. The molecule has 0 saturated carbocycles. The van der Waals surface area contributed by atoms with Gasteiger partial charge in [0.2, 0.25) is 23.6 Å². The number of halogens is 2. The number of carbonyl (C=O) groups excluding carboxylic acids is 4. The molecule has 9 nitrogen and oxygen atoms in total. The van der Waals surface area contributed by atoms with Crippen molar-refractivity contribution in [2.24, 2.45) is 5.73 Å². The minimum absolute atomic E-state index is 0.140. The van der Waals surface area contributed by atoms with Crippen LogP contribution in [0.2, 0.25) is 0 Å². The summed E-state index contributed by atoms with van der Waals surface area (Å²) in [5.41, 5.74) is 7.93. The number of nitrogens with two attached hydrogens (primary N) is 1. The SMILES string of the molecule is COc1ccc(CCN(CC(N)=O)C(=O)CC2C(=O)N(CCc3ccc(F)cc3)CC(=O)N2CCc2ccc(F)cc2)cc1. The highest BCUT2D eigenvalue weighted by molar-refractivity contribution is 5.98. The third-order valence-electron chi connectivity index (χ3n) is 7.65. The predicted molar refractivity (Wildman–Crippen MR) is 159 cm³/mol. The summed E-state index contributed by atoms with van der Waals surface area (Å²) in [6.07, 6.45) is 0.836. The Morgan fingerprint density at radius 2 is 1.36 bits per heavy atom.